The van der Waals surface area contributed by atoms with Gasteiger partial charge in [0.1, 0.15) is 23.7 Å². The Morgan fingerprint density at radius 1 is 0.867 bits per heavy atom. The molecule has 2 saturated heterocycles. The van der Waals surface area contributed by atoms with Crippen LogP contribution < -0.4 is 20.1 Å². The minimum Gasteiger partial charge on any atom is -0.489 e. The standard InChI is InChI=1S/C25H30N2O3/c1-15(21-7-4-12-26-21)29-17-10-11-18-20(14-17)24-19(25(18)28)6-3-9-23(24)30-16(2)22-8-5-13-27-22/h3,6,9-11,14-16,21-22,26-27H,4-5,7-8,12-13H2,1-2H3. The van der Waals surface area contributed by atoms with Crippen molar-refractivity contribution in [2.24, 2.45) is 0 Å². The molecule has 0 spiro atoms. The molecule has 0 saturated carbocycles. The molecule has 2 aromatic rings. The van der Waals surface area contributed by atoms with E-state index in [9.17, 15) is 4.79 Å². The summed E-state index contributed by atoms with van der Waals surface area (Å²) in [6, 6.07) is 12.3. The van der Waals surface area contributed by atoms with Crippen molar-refractivity contribution in [2.45, 2.75) is 63.8 Å². The molecule has 5 rings (SSSR count). The van der Waals surface area contributed by atoms with E-state index in [-0.39, 0.29) is 18.0 Å². The van der Waals surface area contributed by atoms with Gasteiger partial charge in [0.25, 0.3) is 0 Å². The maximum Gasteiger partial charge on any atom is 0.194 e. The van der Waals surface area contributed by atoms with Gasteiger partial charge in [0.15, 0.2) is 5.78 Å². The van der Waals surface area contributed by atoms with E-state index in [2.05, 4.69) is 24.5 Å². The predicted octanol–water partition coefficient (Wildman–Crippen LogP) is 3.94. The minimum atomic E-state index is 0.0473. The van der Waals surface area contributed by atoms with Gasteiger partial charge in [-0.15, -0.1) is 0 Å². The molecule has 30 heavy (non-hydrogen) atoms. The summed E-state index contributed by atoms with van der Waals surface area (Å²) in [4.78, 5) is 13.0. The van der Waals surface area contributed by atoms with Crippen LogP contribution in [0.25, 0.3) is 11.1 Å². The molecule has 2 heterocycles. The monoisotopic (exact) mass is 406 g/mol. The third-order valence-electron chi connectivity index (χ3n) is 6.74. The van der Waals surface area contributed by atoms with Crippen LogP contribution in [0.1, 0.15) is 55.5 Å². The van der Waals surface area contributed by atoms with E-state index in [0.717, 1.165) is 59.7 Å². The normalized spacial score (nSPS) is 24.4. The molecule has 5 nitrogen and oxygen atoms in total. The van der Waals surface area contributed by atoms with E-state index in [1.165, 1.54) is 12.8 Å². The van der Waals surface area contributed by atoms with Gasteiger partial charge < -0.3 is 20.1 Å². The molecule has 4 atom stereocenters. The summed E-state index contributed by atoms with van der Waals surface area (Å²) >= 11 is 0. The summed E-state index contributed by atoms with van der Waals surface area (Å²) in [5, 5.41) is 7.02. The Morgan fingerprint density at radius 3 is 2.23 bits per heavy atom. The van der Waals surface area contributed by atoms with Gasteiger partial charge in [-0.05, 0) is 76.9 Å². The molecular formula is C25H30N2O3. The zero-order valence-corrected chi connectivity index (χ0v) is 17.7. The molecule has 4 unspecified atom stereocenters. The largest absolute Gasteiger partial charge is 0.489 e. The van der Waals surface area contributed by atoms with Gasteiger partial charge in [0.2, 0.25) is 0 Å². The fourth-order valence-electron chi connectivity index (χ4n) is 5.05. The van der Waals surface area contributed by atoms with E-state index >= 15 is 0 Å². The van der Waals surface area contributed by atoms with Gasteiger partial charge in [-0.2, -0.15) is 0 Å². The highest BCUT2D eigenvalue weighted by atomic mass is 16.5. The minimum absolute atomic E-state index is 0.0473. The number of ketones is 1. The summed E-state index contributed by atoms with van der Waals surface area (Å²) in [6.45, 7) is 6.32. The molecule has 2 N–H and O–H groups in total. The smallest absolute Gasteiger partial charge is 0.194 e. The molecule has 0 bridgehead atoms. The summed E-state index contributed by atoms with van der Waals surface area (Å²) in [6.07, 6.45) is 4.77. The molecule has 0 radical (unpaired) electrons. The number of hydrogen-bond acceptors (Lipinski definition) is 5. The van der Waals surface area contributed by atoms with Crippen LogP contribution in [0.15, 0.2) is 36.4 Å². The lowest BCUT2D eigenvalue weighted by molar-refractivity contribution is 0.104. The summed E-state index contributed by atoms with van der Waals surface area (Å²) < 4.78 is 12.6. The van der Waals surface area contributed by atoms with Gasteiger partial charge in [0.05, 0.1) is 0 Å². The molecule has 2 fully saturated rings. The average molecular weight is 407 g/mol. The van der Waals surface area contributed by atoms with Crippen molar-refractivity contribution in [2.75, 3.05) is 13.1 Å². The summed E-state index contributed by atoms with van der Waals surface area (Å²) in [5.74, 6) is 1.65. The number of rotatable bonds is 6. The van der Waals surface area contributed by atoms with Gasteiger partial charge in [-0.3, -0.25) is 4.79 Å². The van der Waals surface area contributed by atoms with Crippen LogP contribution in [0, 0.1) is 0 Å². The Kier molecular flexibility index (Phi) is 5.25. The first-order valence-electron chi connectivity index (χ1n) is 11.2. The molecule has 1 aliphatic carbocycles. The van der Waals surface area contributed by atoms with E-state index in [1.807, 2.05) is 36.4 Å². The molecule has 0 amide bonds. The van der Waals surface area contributed by atoms with Crippen molar-refractivity contribution in [1.29, 1.82) is 0 Å². The van der Waals surface area contributed by atoms with Crippen molar-refractivity contribution in [3.05, 3.63) is 47.5 Å². The fraction of sp³-hybridized carbons (Fsp3) is 0.480. The lowest BCUT2D eigenvalue weighted by Gasteiger charge is -2.23. The highest BCUT2D eigenvalue weighted by molar-refractivity contribution is 6.22. The highest BCUT2D eigenvalue weighted by Gasteiger charge is 2.32. The number of hydrogen-bond donors (Lipinski definition) is 2. The Morgan fingerprint density at radius 2 is 1.57 bits per heavy atom. The average Bonchev–Trinajstić information content (AvgIpc) is 3.50. The highest BCUT2D eigenvalue weighted by Crippen LogP contribution is 2.44. The maximum atomic E-state index is 13.0. The van der Waals surface area contributed by atoms with Gasteiger partial charge in [-0.25, -0.2) is 0 Å². The van der Waals surface area contributed by atoms with Crippen LogP contribution in [0.2, 0.25) is 0 Å². The third-order valence-corrected chi connectivity index (χ3v) is 6.74. The third kappa shape index (κ3) is 3.50. The number of carbonyl (C=O) groups is 1. The van der Waals surface area contributed by atoms with Gasteiger partial charge in [-0.1, -0.05) is 12.1 Å². The molecule has 2 aliphatic heterocycles. The van der Waals surface area contributed by atoms with Crippen molar-refractivity contribution in [1.82, 2.24) is 10.6 Å². The molecule has 3 aliphatic rings. The Bertz CT molecular complexity index is 945. The predicted molar refractivity (Wildman–Crippen MR) is 118 cm³/mol. The molecule has 0 aromatic heterocycles. The van der Waals surface area contributed by atoms with E-state index in [0.29, 0.717) is 12.1 Å². The van der Waals surface area contributed by atoms with Crippen molar-refractivity contribution < 1.29 is 14.3 Å². The summed E-state index contributed by atoms with van der Waals surface area (Å²) in [5.41, 5.74) is 3.27. The number of carbonyl (C=O) groups excluding carboxylic acids is 1. The Hall–Kier alpha value is -2.37. The first-order valence-corrected chi connectivity index (χ1v) is 11.2. The first kappa shape index (κ1) is 19.6. The van der Waals surface area contributed by atoms with Crippen LogP contribution in [-0.2, 0) is 0 Å². The van der Waals surface area contributed by atoms with Gasteiger partial charge >= 0.3 is 0 Å². The second kappa shape index (κ2) is 8.05. The fourth-order valence-corrected chi connectivity index (χ4v) is 5.05. The van der Waals surface area contributed by atoms with Crippen LogP contribution in [-0.4, -0.2) is 43.2 Å². The lowest BCUT2D eigenvalue weighted by atomic mass is 10.0. The van der Waals surface area contributed by atoms with E-state index < -0.39 is 0 Å². The molecule has 158 valence electrons. The quantitative estimate of drug-likeness (QED) is 0.649. The van der Waals surface area contributed by atoms with E-state index in [1.54, 1.807) is 0 Å². The van der Waals surface area contributed by atoms with Crippen LogP contribution in [0.5, 0.6) is 11.5 Å². The van der Waals surface area contributed by atoms with Crippen LogP contribution >= 0.6 is 0 Å². The lowest BCUT2D eigenvalue weighted by Crippen LogP contribution is -2.36. The number of benzene rings is 2. The molecular weight excluding hydrogens is 376 g/mol. The van der Waals surface area contributed by atoms with Crippen molar-refractivity contribution in [3.8, 4) is 22.6 Å². The van der Waals surface area contributed by atoms with Crippen LogP contribution in [0.4, 0.5) is 0 Å². The van der Waals surface area contributed by atoms with Crippen molar-refractivity contribution in [3.63, 3.8) is 0 Å². The number of nitrogens with one attached hydrogen (secondary N) is 2. The first-order chi connectivity index (χ1) is 14.6. The van der Waals surface area contributed by atoms with Gasteiger partial charge in [0, 0.05) is 34.3 Å². The number of ether oxygens (including phenoxy) is 2. The maximum absolute atomic E-state index is 13.0. The molecule has 2 aromatic carbocycles. The zero-order chi connectivity index (χ0) is 20.7. The molecule has 5 heteroatoms. The SMILES string of the molecule is CC(Oc1ccc2c(c1)-c1c(OC(C)C3CCCN3)cccc1C2=O)C1CCCN1. The second-order valence-corrected chi connectivity index (χ2v) is 8.77. The Labute approximate surface area is 178 Å². The van der Waals surface area contributed by atoms with Crippen molar-refractivity contribution >= 4 is 5.78 Å². The number of fused-ring (bicyclic) bond motifs is 3. The second-order valence-electron chi connectivity index (χ2n) is 8.77. The Balaban J connectivity index is 1.44. The van der Waals surface area contributed by atoms with E-state index in [4.69, 9.17) is 9.47 Å². The topological polar surface area (TPSA) is 59.6 Å². The summed E-state index contributed by atoms with van der Waals surface area (Å²) in [7, 11) is 0. The zero-order valence-electron chi connectivity index (χ0n) is 17.7. The van der Waals surface area contributed by atoms with Crippen LogP contribution in [0.3, 0.4) is 0 Å².